The number of fused-ring (bicyclic) bond motifs is 1. The monoisotopic (exact) mass is 394 g/mol. The molecule has 1 aliphatic heterocycles. The molecule has 1 unspecified atom stereocenters. The first kappa shape index (κ1) is 18.0. The number of benzene rings is 2. The van der Waals surface area contributed by atoms with Gasteiger partial charge in [0.05, 0.1) is 6.04 Å². The van der Waals surface area contributed by atoms with Crippen LogP contribution in [0.15, 0.2) is 53.0 Å². The quantitative estimate of drug-likeness (QED) is 0.862. The first-order chi connectivity index (χ1) is 10.6. The van der Waals surface area contributed by atoms with Crippen LogP contribution in [0.1, 0.15) is 16.7 Å². The van der Waals surface area contributed by atoms with Crippen LogP contribution in [0.4, 0.5) is 0 Å². The molecule has 1 amide bonds. The highest BCUT2D eigenvalue weighted by atomic mass is 79.9. The maximum atomic E-state index is 12.6. The molecule has 0 aromatic heterocycles. The first-order valence-corrected chi connectivity index (χ1v) is 8.22. The van der Waals surface area contributed by atoms with Crippen molar-refractivity contribution in [2.75, 3.05) is 7.05 Å². The lowest BCUT2D eigenvalue weighted by Gasteiger charge is -2.29. The third-order valence-electron chi connectivity index (χ3n) is 4.09. The van der Waals surface area contributed by atoms with Gasteiger partial charge in [0, 0.05) is 24.6 Å². The summed E-state index contributed by atoms with van der Waals surface area (Å²) in [5.41, 5.74) is 3.70. The molecule has 1 aliphatic rings. The highest BCUT2D eigenvalue weighted by molar-refractivity contribution is 9.10. The zero-order valence-corrected chi connectivity index (χ0v) is 15.4. The minimum Gasteiger partial charge on any atom is -0.340 e. The van der Waals surface area contributed by atoms with E-state index in [1.807, 2.05) is 43.4 Å². The summed E-state index contributed by atoms with van der Waals surface area (Å²) in [6, 6.07) is 16.3. The van der Waals surface area contributed by atoms with Crippen LogP contribution in [0.25, 0.3) is 0 Å². The molecule has 0 aliphatic carbocycles. The van der Waals surface area contributed by atoms with Crippen molar-refractivity contribution >= 4 is 34.2 Å². The predicted octanol–water partition coefficient (Wildman–Crippen LogP) is 3.54. The predicted molar refractivity (Wildman–Crippen MR) is 98.6 cm³/mol. The van der Waals surface area contributed by atoms with Crippen LogP contribution in [0, 0.1) is 0 Å². The molecule has 0 radical (unpaired) electrons. The van der Waals surface area contributed by atoms with Gasteiger partial charge in [-0.1, -0.05) is 52.3 Å². The van der Waals surface area contributed by atoms with Gasteiger partial charge in [0.25, 0.3) is 0 Å². The smallest absolute Gasteiger partial charge is 0.240 e. The molecule has 2 aromatic carbocycles. The second-order valence-electron chi connectivity index (χ2n) is 5.73. The van der Waals surface area contributed by atoms with Gasteiger partial charge >= 0.3 is 0 Å². The summed E-state index contributed by atoms with van der Waals surface area (Å²) in [6.45, 7) is 1.39. The van der Waals surface area contributed by atoms with Crippen LogP contribution >= 0.6 is 28.3 Å². The Morgan fingerprint density at radius 2 is 1.83 bits per heavy atom. The molecule has 1 heterocycles. The van der Waals surface area contributed by atoms with Crippen molar-refractivity contribution in [3.8, 4) is 0 Å². The van der Waals surface area contributed by atoms with Crippen molar-refractivity contribution in [2.45, 2.75) is 25.6 Å². The van der Waals surface area contributed by atoms with Gasteiger partial charge in [0.2, 0.25) is 5.91 Å². The fourth-order valence-electron chi connectivity index (χ4n) is 2.84. The van der Waals surface area contributed by atoms with E-state index in [4.69, 9.17) is 0 Å². The van der Waals surface area contributed by atoms with Crippen molar-refractivity contribution in [3.05, 3.63) is 69.7 Å². The summed E-state index contributed by atoms with van der Waals surface area (Å²) in [4.78, 5) is 14.4. The summed E-state index contributed by atoms with van der Waals surface area (Å²) >= 11 is 3.43. The van der Waals surface area contributed by atoms with Crippen LogP contribution < -0.4 is 5.32 Å². The largest absolute Gasteiger partial charge is 0.340 e. The van der Waals surface area contributed by atoms with Gasteiger partial charge in [-0.15, -0.1) is 12.4 Å². The highest BCUT2D eigenvalue weighted by Gasteiger charge is 2.26. The standard InChI is InChI=1S/C18H19BrN2O.ClH/c1-21(12-13-6-8-16(19)9-7-13)18(22)17-10-14-4-2-3-5-15(14)11-20-17;/h2-9,17,20H,10-12H2,1H3;1H. The molecular formula is C18H20BrClN2O. The van der Waals surface area contributed by atoms with E-state index in [2.05, 4.69) is 33.4 Å². The number of carbonyl (C=O) groups excluding carboxylic acids is 1. The van der Waals surface area contributed by atoms with Crippen LogP contribution in [-0.4, -0.2) is 23.9 Å². The van der Waals surface area contributed by atoms with E-state index in [0.717, 1.165) is 23.0 Å². The molecule has 3 nitrogen and oxygen atoms in total. The van der Waals surface area contributed by atoms with E-state index >= 15 is 0 Å². The van der Waals surface area contributed by atoms with Crippen LogP contribution in [0.3, 0.4) is 0 Å². The molecule has 0 spiro atoms. The van der Waals surface area contributed by atoms with Gasteiger partial charge in [0.1, 0.15) is 0 Å². The third kappa shape index (κ3) is 4.34. The number of likely N-dealkylation sites (N-methyl/N-ethyl adjacent to an activating group) is 1. The van der Waals surface area contributed by atoms with Crippen molar-refractivity contribution in [3.63, 3.8) is 0 Å². The SMILES string of the molecule is CN(Cc1ccc(Br)cc1)C(=O)C1Cc2ccccc2CN1.Cl. The van der Waals surface area contributed by atoms with Gasteiger partial charge in [-0.05, 0) is 35.2 Å². The second-order valence-corrected chi connectivity index (χ2v) is 6.64. The number of hydrogen-bond acceptors (Lipinski definition) is 2. The average molecular weight is 396 g/mol. The fraction of sp³-hybridized carbons (Fsp3) is 0.278. The van der Waals surface area contributed by atoms with Crippen molar-refractivity contribution in [1.29, 1.82) is 0 Å². The maximum absolute atomic E-state index is 12.6. The molecule has 2 aromatic rings. The maximum Gasteiger partial charge on any atom is 0.240 e. The van der Waals surface area contributed by atoms with Gasteiger partial charge < -0.3 is 10.2 Å². The topological polar surface area (TPSA) is 32.3 Å². The second kappa shape index (κ2) is 7.95. The minimum absolute atomic E-state index is 0. The lowest BCUT2D eigenvalue weighted by molar-refractivity contribution is -0.132. The van der Waals surface area contributed by atoms with Crippen molar-refractivity contribution in [2.24, 2.45) is 0 Å². The van der Waals surface area contributed by atoms with Gasteiger partial charge in [-0.25, -0.2) is 0 Å². The van der Waals surface area contributed by atoms with E-state index in [0.29, 0.717) is 6.54 Å². The molecule has 3 rings (SSSR count). The van der Waals surface area contributed by atoms with Gasteiger partial charge in [0.15, 0.2) is 0 Å². The highest BCUT2D eigenvalue weighted by Crippen LogP contribution is 2.18. The van der Waals surface area contributed by atoms with E-state index < -0.39 is 0 Å². The Hall–Kier alpha value is -1.36. The summed E-state index contributed by atoms with van der Waals surface area (Å²) in [7, 11) is 1.87. The Kier molecular flexibility index (Phi) is 6.22. The van der Waals surface area contributed by atoms with Crippen LogP contribution in [0.5, 0.6) is 0 Å². The molecule has 5 heteroatoms. The van der Waals surface area contributed by atoms with Gasteiger partial charge in [-0.2, -0.15) is 0 Å². The Morgan fingerprint density at radius 3 is 2.52 bits per heavy atom. The molecule has 1 N–H and O–H groups in total. The van der Waals surface area contributed by atoms with Crippen LogP contribution in [-0.2, 0) is 24.3 Å². The number of halogens is 2. The summed E-state index contributed by atoms with van der Waals surface area (Å²) in [5.74, 6) is 0.150. The number of carbonyl (C=O) groups is 1. The van der Waals surface area contributed by atoms with E-state index in [1.165, 1.54) is 11.1 Å². The Labute approximate surface area is 151 Å². The zero-order valence-electron chi connectivity index (χ0n) is 13.0. The minimum atomic E-state index is -0.129. The molecule has 0 saturated carbocycles. The zero-order chi connectivity index (χ0) is 15.5. The van der Waals surface area contributed by atoms with E-state index in [-0.39, 0.29) is 24.4 Å². The fourth-order valence-corrected chi connectivity index (χ4v) is 3.10. The number of amides is 1. The number of hydrogen-bond donors (Lipinski definition) is 1. The molecule has 0 saturated heterocycles. The van der Waals surface area contributed by atoms with Gasteiger partial charge in [-0.3, -0.25) is 4.79 Å². The summed E-state index contributed by atoms with van der Waals surface area (Å²) in [6.07, 6.45) is 0.764. The third-order valence-corrected chi connectivity index (χ3v) is 4.62. The van der Waals surface area contributed by atoms with Crippen LogP contribution in [0.2, 0.25) is 0 Å². The van der Waals surface area contributed by atoms with Crippen molar-refractivity contribution in [1.82, 2.24) is 10.2 Å². The molecule has 0 fully saturated rings. The number of nitrogens with zero attached hydrogens (tertiary/aromatic N) is 1. The first-order valence-electron chi connectivity index (χ1n) is 7.43. The average Bonchev–Trinajstić information content (AvgIpc) is 2.55. The molecule has 122 valence electrons. The number of nitrogens with one attached hydrogen (secondary N) is 1. The molecule has 0 bridgehead atoms. The Balaban J connectivity index is 0.00000192. The Morgan fingerprint density at radius 1 is 1.17 bits per heavy atom. The normalized spacial score (nSPS) is 16.2. The summed E-state index contributed by atoms with van der Waals surface area (Å²) < 4.78 is 1.05. The van der Waals surface area contributed by atoms with E-state index in [1.54, 1.807) is 4.90 Å². The van der Waals surface area contributed by atoms with E-state index in [9.17, 15) is 4.79 Å². The molecule has 1 atom stereocenters. The van der Waals surface area contributed by atoms with Crippen molar-refractivity contribution < 1.29 is 4.79 Å². The lowest BCUT2D eigenvalue weighted by atomic mass is 9.95. The molecule has 23 heavy (non-hydrogen) atoms. The number of rotatable bonds is 3. The summed E-state index contributed by atoms with van der Waals surface area (Å²) in [5, 5.41) is 3.35. The Bertz CT molecular complexity index is 675. The molecular weight excluding hydrogens is 376 g/mol. The lowest BCUT2D eigenvalue weighted by Crippen LogP contribution is -2.48.